The van der Waals surface area contributed by atoms with Crippen molar-refractivity contribution < 1.29 is 4.39 Å². The van der Waals surface area contributed by atoms with Gasteiger partial charge in [-0.3, -0.25) is 9.89 Å². The van der Waals surface area contributed by atoms with Gasteiger partial charge in [-0.05, 0) is 38.2 Å². The molecule has 1 fully saturated rings. The molecule has 0 bridgehead atoms. The van der Waals surface area contributed by atoms with Crippen LogP contribution in [0.3, 0.4) is 0 Å². The van der Waals surface area contributed by atoms with Gasteiger partial charge in [0.15, 0.2) is 5.96 Å². The number of nitrogens with zero attached hydrogens (tertiary/aromatic N) is 3. The Kier molecular flexibility index (Phi) is 6.36. The normalized spacial score (nSPS) is 20.6. The lowest BCUT2D eigenvalue weighted by atomic mass is 10.1. The van der Waals surface area contributed by atoms with E-state index in [1.165, 1.54) is 0 Å². The molecule has 0 saturated carbocycles. The number of guanidine groups is 1. The maximum absolute atomic E-state index is 13.6. The van der Waals surface area contributed by atoms with Crippen molar-refractivity contribution in [3.63, 3.8) is 0 Å². The number of hydrogen-bond donors (Lipinski definition) is 2. The summed E-state index contributed by atoms with van der Waals surface area (Å²) < 4.78 is 13.6. The van der Waals surface area contributed by atoms with Crippen LogP contribution < -0.4 is 10.6 Å². The van der Waals surface area contributed by atoms with Crippen LogP contribution in [0.15, 0.2) is 23.2 Å². The fourth-order valence-electron chi connectivity index (χ4n) is 2.69. The van der Waals surface area contributed by atoms with Gasteiger partial charge in [-0.2, -0.15) is 0 Å². The first-order valence-electron chi connectivity index (χ1n) is 8.08. The molecule has 0 amide bonds. The third kappa shape index (κ3) is 5.18. The summed E-state index contributed by atoms with van der Waals surface area (Å²) >= 11 is 0. The number of aliphatic imine (C=N–C) groups is 1. The standard InChI is InChI=1S/C17H28FN5/c1-13-5-6-14(9-16(13)18)10-20-17(19-2)21-11-15-12-22(3)7-8-23(15)4/h5-6,9,15H,7-8,10-12H2,1-4H3,(H2,19,20,21). The van der Waals surface area contributed by atoms with Crippen molar-refractivity contribution in [3.8, 4) is 0 Å². The van der Waals surface area contributed by atoms with E-state index >= 15 is 0 Å². The van der Waals surface area contributed by atoms with Crippen molar-refractivity contribution in [2.24, 2.45) is 4.99 Å². The molecular formula is C17H28FN5. The lowest BCUT2D eigenvalue weighted by Gasteiger charge is -2.37. The van der Waals surface area contributed by atoms with Crippen LogP contribution in [0.1, 0.15) is 11.1 Å². The van der Waals surface area contributed by atoms with E-state index in [1.807, 2.05) is 6.07 Å². The number of piperazine rings is 1. The number of halogens is 1. The quantitative estimate of drug-likeness (QED) is 0.642. The molecule has 1 saturated heterocycles. The minimum absolute atomic E-state index is 0.167. The van der Waals surface area contributed by atoms with Gasteiger partial charge in [0.1, 0.15) is 5.82 Å². The number of rotatable bonds is 4. The van der Waals surface area contributed by atoms with E-state index in [9.17, 15) is 4.39 Å². The van der Waals surface area contributed by atoms with Crippen LogP contribution in [-0.2, 0) is 6.54 Å². The van der Waals surface area contributed by atoms with Gasteiger partial charge in [0.2, 0.25) is 0 Å². The van der Waals surface area contributed by atoms with Crippen LogP contribution in [0.5, 0.6) is 0 Å². The predicted molar refractivity (Wildman–Crippen MR) is 93.3 cm³/mol. The van der Waals surface area contributed by atoms with E-state index in [1.54, 1.807) is 26.1 Å². The third-order valence-electron chi connectivity index (χ3n) is 4.41. The molecule has 1 unspecified atom stereocenters. The lowest BCUT2D eigenvalue weighted by molar-refractivity contribution is 0.116. The minimum atomic E-state index is -0.167. The van der Waals surface area contributed by atoms with Crippen LogP contribution in [0.2, 0.25) is 0 Å². The Balaban J connectivity index is 1.82. The number of likely N-dealkylation sites (N-methyl/N-ethyl adjacent to an activating group) is 2. The Hall–Kier alpha value is -1.66. The zero-order chi connectivity index (χ0) is 16.8. The van der Waals surface area contributed by atoms with E-state index in [4.69, 9.17) is 0 Å². The first-order valence-corrected chi connectivity index (χ1v) is 8.08. The molecular weight excluding hydrogens is 293 g/mol. The van der Waals surface area contributed by atoms with Crippen LogP contribution >= 0.6 is 0 Å². The Morgan fingerprint density at radius 2 is 2.09 bits per heavy atom. The van der Waals surface area contributed by atoms with Gasteiger partial charge in [-0.15, -0.1) is 0 Å². The number of benzene rings is 1. The first kappa shape index (κ1) is 17.7. The molecule has 6 heteroatoms. The Labute approximate surface area is 138 Å². The van der Waals surface area contributed by atoms with E-state index in [-0.39, 0.29) is 5.82 Å². The largest absolute Gasteiger partial charge is 0.355 e. The van der Waals surface area contributed by atoms with Crippen molar-refractivity contribution in [1.29, 1.82) is 0 Å². The maximum Gasteiger partial charge on any atom is 0.191 e. The van der Waals surface area contributed by atoms with Gasteiger partial charge in [-0.1, -0.05) is 12.1 Å². The van der Waals surface area contributed by atoms with Gasteiger partial charge < -0.3 is 15.5 Å². The SMILES string of the molecule is CN=C(NCc1ccc(C)c(F)c1)NCC1CN(C)CCN1C. The molecule has 23 heavy (non-hydrogen) atoms. The fraction of sp³-hybridized carbons (Fsp3) is 0.588. The molecule has 128 valence electrons. The highest BCUT2D eigenvalue weighted by Crippen LogP contribution is 2.09. The van der Waals surface area contributed by atoms with Crippen molar-refractivity contribution in [1.82, 2.24) is 20.4 Å². The molecule has 5 nitrogen and oxygen atoms in total. The topological polar surface area (TPSA) is 42.9 Å². The average molecular weight is 321 g/mol. The molecule has 1 aliphatic rings. The molecule has 2 N–H and O–H groups in total. The monoisotopic (exact) mass is 321 g/mol. The summed E-state index contributed by atoms with van der Waals surface area (Å²) in [5.74, 6) is 0.576. The summed E-state index contributed by atoms with van der Waals surface area (Å²) in [6, 6.07) is 5.77. The number of nitrogens with one attached hydrogen (secondary N) is 2. The zero-order valence-electron chi connectivity index (χ0n) is 14.6. The fourth-order valence-corrected chi connectivity index (χ4v) is 2.69. The van der Waals surface area contributed by atoms with Gasteiger partial charge in [0.25, 0.3) is 0 Å². The second kappa shape index (κ2) is 8.26. The van der Waals surface area contributed by atoms with E-state index < -0.39 is 0 Å². The maximum atomic E-state index is 13.6. The summed E-state index contributed by atoms with van der Waals surface area (Å²) in [5.41, 5.74) is 1.58. The smallest absolute Gasteiger partial charge is 0.191 e. The van der Waals surface area contributed by atoms with E-state index in [0.29, 0.717) is 18.2 Å². The van der Waals surface area contributed by atoms with Crippen molar-refractivity contribution in [3.05, 3.63) is 35.1 Å². The Bertz CT molecular complexity index is 546. The Morgan fingerprint density at radius 3 is 2.78 bits per heavy atom. The first-order chi connectivity index (χ1) is 11.0. The molecule has 1 heterocycles. The third-order valence-corrected chi connectivity index (χ3v) is 4.41. The molecule has 0 radical (unpaired) electrons. The predicted octanol–water partition coefficient (Wildman–Crippen LogP) is 1.04. The van der Waals surface area contributed by atoms with E-state index in [2.05, 4.69) is 39.5 Å². The highest BCUT2D eigenvalue weighted by Gasteiger charge is 2.21. The van der Waals surface area contributed by atoms with Crippen LogP contribution in [0.25, 0.3) is 0 Å². The van der Waals surface area contributed by atoms with Crippen molar-refractivity contribution in [2.45, 2.75) is 19.5 Å². The van der Waals surface area contributed by atoms with Crippen LogP contribution in [-0.4, -0.2) is 69.1 Å². The summed E-state index contributed by atoms with van der Waals surface area (Å²) in [4.78, 5) is 8.96. The molecule has 1 atom stereocenters. The minimum Gasteiger partial charge on any atom is -0.355 e. The second-order valence-electron chi connectivity index (χ2n) is 6.29. The average Bonchev–Trinajstić information content (AvgIpc) is 2.54. The molecule has 1 aromatic carbocycles. The highest BCUT2D eigenvalue weighted by atomic mass is 19.1. The van der Waals surface area contributed by atoms with Gasteiger partial charge in [0.05, 0.1) is 0 Å². The van der Waals surface area contributed by atoms with Crippen molar-refractivity contribution in [2.75, 3.05) is 47.3 Å². The summed E-state index contributed by atoms with van der Waals surface area (Å²) in [5, 5.41) is 6.60. The molecule has 1 aliphatic heterocycles. The van der Waals surface area contributed by atoms with Crippen LogP contribution in [0, 0.1) is 12.7 Å². The van der Waals surface area contributed by atoms with Gasteiger partial charge >= 0.3 is 0 Å². The molecule has 1 aromatic rings. The summed E-state index contributed by atoms with van der Waals surface area (Å²) in [7, 11) is 6.06. The summed E-state index contributed by atoms with van der Waals surface area (Å²) in [6.45, 7) is 6.39. The van der Waals surface area contributed by atoms with Crippen LogP contribution in [0.4, 0.5) is 4.39 Å². The zero-order valence-corrected chi connectivity index (χ0v) is 14.6. The Morgan fingerprint density at radius 1 is 1.30 bits per heavy atom. The lowest BCUT2D eigenvalue weighted by Crippen LogP contribution is -2.55. The van der Waals surface area contributed by atoms with Crippen molar-refractivity contribution >= 4 is 5.96 Å². The second-order valence-corrected chi connectivity index (χ2v) is 6.29. The number of hydrogen-bond acceptors (Lipinski definition) is 3. The molecule has 0 aliphatic carbocycles. The van der Waals surface area contributed by atoms with Gasteiger partial charge in [-0.25, -0.2) is 4.39 Å². The summed E-state index contributed by atoms with van der Waals surface area (Å²) in [6.07, 6.45) is 0. The molecule has 2 rings (SSSR count). The highest BCUT2D eigenvalue weighted by molar-refractivity contribution is 5.79. The van der Waals surface area contributed by atoms with E-state index in [0.717, 1.165) is 37.7 Å². The molecule has 0 aromatic heterocycles. The van der Waals surface area contributed by atoms with Gasteiger partial charge in [0, 0.05) is 45.8 Å². The number of aryl methyl sites for hydroxylation is 1. The molecule has 0 spiro atoms.